The summed E-state index contributed by atoms with van der Waals surface area (Å²) < 4.78 is 0. The van der Waals surface area contributed by atoms with Crippen molar-refractivity contribution in [3.05, 3.63) is 58.4 Å². The number of aromatic nitrogens is 2. The number of nitrogens with one attached hydrogen (secondary N) is 3. The van der Waals surface area contributed by atoms with Crippen molar-refractivity contribution >= 4 is 50.5 Å². The summed E-state index contributed by atoms with van der Waals surface area (Å²) in [6.07, 6.45) is 2.27. The van der Waals surface area contributed by atoms with Crippen molar-refractivity contribution in [2.24, 2.45) is 0 Å². The van der Waals surface area contributed by atoms with Gasteiger partial charge in [-0.3, -0.25) is 9.59 Å². The van der Waals surface area contributed by atoms with Crippen LogP contribution in [0.15, 0.2) is 48.0 Å². The molecule has 0 aliphatic rings. The lowest BCUT2D eigenvalue weighted by molar-refractivity contribution is -0.125. The number of rotatable bonds is 6. The van der Waals surface area contributed by atoms with E-state index in [-0.39, 0.29) is 11.8 Å². The SMILES string of the molecule is CC(=O)NC(Cc1c[nH]c2ccccc12)C(=O)Nc1nc(-c2ccc(C)s2)cs1. The van der Waals surface area contributed by atoms with Crippen LogP contribution in [0, 0.1) is 6.92 Å². The predicted molar refractivity (Wildman–Crippen MR) is 118 cm³/mol. The Kier molecular flexibility index (Phi) is 5.46. The minimum absolute atomic E-state index is 0.251. The van der Waals surface area contributed by atoms with E-state index in [2.05, 4.69) is 20.6 Å². The fraction of sp³-hybridized carbons (Fsp3) is 0.190. The van der Waals surface area contributed by atoms with Gasteiger partial charge in [-0.25, -0.2) is 4.98 Å². The van der Waals surface area contributed by atoms with Crippen molar-refractivity contribution < 1.29 is 9.59 Å². The third-order valence-electron chi connectivity index (χ3n) is 4.52. The number of nitrogens with zero attached hydrogens (tertiary/aromatic N) is 1. The number of H-pyrrole nitrogens is 1. The highest BCUT2D eigenvalue weighted by Gasteiger charge is 2.22. The number of hydrogen-bond donors (Lipinski definition) is 3. The highest BCUT2D eigenvalue weighted by molar-refractivity contribution is 7.17. The second-order valence-corrected chi connectivity index (χ2v) is 8.90. The van der Waals surface area contributed by atoms with Crippen molar-refractivity contribution in [2.75, 3.05) is 5.32 Å². The van der Waals surface area contributed by atoms with E-state index >= 15 is 0 Å². The third kappa shape index (κ3) is 4.38. The Bertz CT molecular complexity index is 1170. The normalized spacial score (nSPS) is 12.1. The standard InChI is InChI=1S/C21H20N4O2S2/c1-12-7-8-19(29-12)18-11-28-21(24-18)25-20(27)17(23-13(2)26)9-14-10-22-16-6-4-3-5-15(14)16/h3-8,10-11,17,22H,9H2,1-2H3,(H,23,26)(H,24,25,27). The zero-order valence-electron chi connectivity index (χ0n) is 16.0. The van der Waals surface area contributed by atoms with Crippen LogP contribution in [-0.4, -0.2) is 27.8 Å². The number of para-hydroxylation sites is 1. The highest BCUT2D eigenvalue weighted by atomic mass is 32.1. The molecule has 2 amide bonds. The Labute approximate surface area is 176 Å². The predicted octanol–water partition coefficient (Wildman–Crippen LogP) is 4.35. The van der Waals surface area contributed by atoms with Crippen LogP contribution in [0.2, 0.25) is 0 Å². The number of thiazole rings is 1. The number of anilines is 1. The van der Waals surface area contributed by atoms with E-state index in [9.17, 15) is 9.59 Å². The van der Waals surface area contributed by atoms with Gasteiger partial charge in [0.05, 0.1) is 10.6 Å². The number of carbonyl (C=O) groups is 2. The first-order valence-corrected chi connectivity index (χ1v) is 10.8. The summed E-state index contributed by atoms with van der Waals surface area (Å²) in [5.41, 5.74) is 2.82. The average Bonchev–Trinajstić information content (AvgIpc) is 3.41. The lowest BCUT2D eigenvalue weighted by atomic mass is 10.0. The van der Waals surface area contributed by atoms with Crippen LogP contribution < -0.4 is 10.6 Å². The van der Waals surface area contributed by atoms with E-state index in [1.807, 2.05) is 54.9 Å². The van der Waals surface area contributed by atoms with Gasteiger partial charge >= 0.3 is 0 Å². The topological polar surface area (TPSA) is 86.9 Å². The minimum Gasteiger partial charge on any atom is -0.361 e. The van der Waals surface area contributed by atoms with Gasteiger partial charge in [0.25, 0.3) is 0 Å². The van der Waals surface area contributed by atoms with Gasteiger partial charge in [-0.15, -0.1) is 22.7 Å². The molecule has 0 fully saturated rings. The summed E-state index contributed by atoms with van der Waals surface area (Å²) >= 11 is 3.04. The molecular formula is C21H20N4O2S2. The van der Waals surface area contributed by atoms with E-state index in [0.29, 0.717) is 11.6 Å². The zero-order valence-corrected chi connectivity index (χ0v) is 17.6. The number of aromatic amines is 1. The fourth-order valence-corrected chi connectivity index (χ4v) is 4.80. The largest absolute Gasteiger partial charge is 0.361 e. The van der Waals surface area contributed by atoms with Gasteiger partial charge in [0, 0.05) is 40.7 Å². The van der Waals surface area contributed by atoms with E-state index in [1.54, 1.807) is 11.3 Å². The lowest BCUT2D eigenvalue weighted by Gasteiger charge is -2.16. The number of carbonyl (C=O) groups excluding carboxylic acids is 2. The number of amides is 2. The molecule has 0 aliphatic heterocycles. The maximum atomic E-state index is 12.9. The van der Waals surface area contributed by atoms with Crippen LogP contribution >= 0.6 is 22.7 Å². The molecule has 0 aliphatic carbocycles. The van der Waals surface area contributed by atoms with Gasteiger partial charge in [0.15, 0.2) is 5.13 Å². The number of aryl methyl sites for hydroxylation is 1. The Morgan fingerprint density at radius 2 is 2.03 bits per heavy atom. The summed E-state index contributed by atoms with van der Waals surface area (Å²) in [7, 11) is 0. The van der Waals surface area contributed by atoms with Crippen LogP contribution in [0.1, 0.15) is 17.4 Å². The molecule has 0 spiro atoms. The van der Waals surface area contributed by atoms with E-state index < -0.39 is 6.04 Å². The Morgan fingerprint density at radius 3 is 2.79 bits per heavy atom. The fourth-order valence-electron chi connectivity index (χ4n) is 3.18. The van der Waals surface area contributed by atoms with Gasteiger partial charge < -0.3 is 15.6 Å². The van der Waals surface area contributed by atoms with Crippen molar-refractivity contribution in [1.82, 2.24) is 15.3 Å². The highest BCUT2D eigenvalue weighted by Crippen LogP contribution is 2.30. The van der Waals surface area contributed by atoms with Crippen molar-refractivity contribution in [3.8, 4) is 10.6 Å². The van der Waals surface area contributed by atoms with E-state index in [4.69, 9.17) is 0 Å². The first-order valence-electron chi connectivity index (χ1n) is 9.15. The van der Waals surface area contributed by atoms with Gasteiger partial charge in [-0.2, -0.15) is 0 Å². The third-order valence-corrected chi connectivity index (χ3v) is 6.30. The molecule has 8 heteroatoms. The Balaban J connectivity index is 1.51. The molecule has 4 aromatic rings. The number of fused-ring (bicyclic) bond motifs is 1. The van der Waals surface area contributed by atoms with E-state index in [0.717, 1.165) is 27.0 Å². The molecule has 3 aromatic heterocycles. The molecule has 1 atom stereocenters. The van der Waals surface area contributed by atoms with Crippen LogP contribution in [0.4, 0.5) is 5.13 Å². The van der Waals surface area contributed by atoms with Crippen LogP contribution in [0.5, 0.6) is 0 Å². The molecule has 0 bridgehead atoms. The van der Waals surface area contributed by atoms with Gasteiger partial charge in [0.1, 0.15) is 6.04 Å². The van der Waals surface area contributed by atoms with Crippen molar-refractivity contribution in [1.29, 1.82) is 0 Å². The Hall–Kier alpha value is -2.97. The second kappa shape index (κ2) is 8.18. The van der Waals surface area contributed by atoms with Gasteiger partial charge in [-0.05, 0) is 30.7 Å². The summed E-state index contributed by atoms with van der Waals surface area (Å²) in [5.74, 6) is -0.535. The molecule has 1 unspecified atom stereocenters. The summed E-state index contributed by atoms with van der Waals surface area (Å²) in [6, 6.07) is 11.3. The molecule has 6 nitrogen and oxygen atoms in total. The van der Waals surface area contributed by atoms with Gasteiger partial charge in [-0.1, -0.05) is 18.2 Å². The molecule has 0 saturated heterocycles. The first kappa shape index (κ1) is 19.4. The number of thiophene rings is 1. The molecule has 4 rings (SSSR count). The molecule has 3 N–H and O–H groups in total. The Morgan fingerprint density at radius 1 is 1.21 bits per heavy atom. The minimum atomic E-state index is -0.692. The quantitative estimate of drug-likeness (QED) is 0.430. The van der Waals surface area contributed by atoms with Crippen LogP contribution in [0.25, 0.3) is 21.5 Å². The molecule has 3 heterocycles. The summed E-state index contributed by atoms with van der Waals surface area (Å²) in [6.45, 7) is 3.46. The van der Waals surface area contributed by atoms with Crippen molar-refractivity contribution in [3.63, 3.8) is 0 Å². The summed E-state index contributed by atoms with van der Waals surface area (Å²) in [5, 5.41) is 9.10. The lowest BCUT2D eigenvalue weighted by Crippen LogP contribution is -2.44. The van der Waals surface area contributed by atoms with Crippen molar-refractivity contribution in [2.45, 2.75) is 26.3 Å². The van der Waals surface area contributed by atoms with Crippen LogP contribution in [0.3, 0.4) is 0 Å². The first-order chi connectivity index (χ1) is 14.0. The van der Waals surface area contributed by atoms with E-state index in [1.165, 1.54) is 23.1 Å². The average molecular weight is 425 g/mol. The number of hydrogen-bond acceptors (Lipinski definition) is 5. The van der Waals surface area contributed by atoms with Crippen LogP contribution in [-0.2, 0) is 16.0 Å². The summed E-state index contributed by atoms with van der Waals surface area (Å²) in [4.78, 5) is 34.6. The maximum Gasteiger partial charge on any atom is 0.249 e. The molecule has 0 radical (unpaired) electrons. The van der Waals surface area contributed by atoms with Gasteiger partial charge in [0.2, 0.25) is 11.8 Å². The molecular weight excluding hydrogens is 404 g/mol. The second-order valence-electron chi connectivity index (χ2n) is 6.75. The zero-order chi connectivity index (χ0) is 20.4. The molecule has 29 heavy (non-hydrogen) atoms. The number of benzene rings is 1. The maximum absolute atomic E-state index is 12.9. The molecule has 0 saturated carbocycles. The smallest absolute Gasteiger partial charge is 0.249 e. The molecule has 148 valence electrons. The molecule has 1 aromatic carbocycles. The monoisotopic (exact) mass is 424 g/mol.